The van der Waals surface area contributed by atoms with Gasteiger partial charge in [0.15, 0.2) is 0 Å². The van der Waals surface area contributed by atoms with Crippen molar-refractivity contribution in [3.05, 3.63) is 64.4 Å². The first-order chi connectivity index (χ1) is 11.3. The van der Waals surface area contributed by atoms with Crippen LogP contribution in [0.5, 0.6) is 5.75 Å². The average molecular weight is 323 g/mol. The monoisotopic (exact) mass is 323 g/mol. The van der Waals surface area contributed by atoms with Crippen molar-refractivity contribution in [1.82, 2.24) is 4.90 Å². The molecule has 4 rings (SSSR count). The van der Waals surface area contributed by atoms with Gasteiger partial charge in [-0.15, -0.1) is 11.3 Å². The number of rotatable bonds is 3. The maximum absolute atomic E-state index is 10.7. The number of likely N-dealkylation sites (tertiary alicyclic amines) is 1. The number of fused-ring (bicyclic) bond motifs is 1. The molecule has 1 aliphatic rings. The highest BCUT2D eigenvalue weighted by molar-refractivity contribution is 7.10. The summed E-state index contributed by atoms with van der Waals surface area (Å²) >= 11 is 1.78. The summed E-state index contributed by atoms with van der Waals surface area (Å²) in [5.74, 6) is 0.410. The van der Waals surface area contributed by atoms with Crippen LogP contribution in [-0.2, 0) is 0 Å². The summed E-state index contributed by atoms with van der Waals surface area (Å²) in [4.78, 5) is 3.86. The van der Waals surface area contributed by atoms with E-state index in [4.69, 9.17) is 0 Å². The lowest BCUT2D eigenvalue weighted by molar-refractivity contribution is 0.188. The van der Waals surface area contributed by atoms with Crippen molar-refractivity contribution in [3.8, 4) is 5.75 Å². The Balaban J connectivity index is 1.91. The second-order valence-corrected chi connectivity index (χ2v) is 7.21. The second-order valence-electron chi connectivity index (χ2n) is 6.23. The number of phenols is 1. The molecule has 1 saturated heterocycles. The summed E-state index contributed by atoms with van der Waals surface area (Å²) in [5, 5.41) is 15.2. The van der Waals surface area contributed by atoms with Crippen LogP contribution in [0.3, 0.4) is 0 Å². The highest BCUT2D eigenvalue weighted by atomic mass is 32.1. The minimum absolute atomic E-state index is 0.154. The third kappa shape index (κ3) is 2.75. The predicted molar refractivity (Wildman–Crippen MR) is 97.2 cm³/mol. The molecule has 1 aromatic heterocycles. The minimum Gasteiger partial charge on any atom is -0.508 e. The molecule has 2 aromatic carbocycles. The fourth-order valence-electron chi connectivity index (χ4n) is 3.70. The van der Waals surface area contributed by atoms with E-state index in [1.807, 2.05) is 12.1 Å². The topological polar surface area (TPSA) is 23.5 Å². The summed E-state index contributed by atoms with van der Waals surface area (Å²) in [6.07, 6.45) is 3.80. The molecule has 0 saturated carbocycles. The Kier molecular flexibility index (Phi) is 4.06. The van der Waals surface area contributed by atoms with Crippen molar-refractivity contribution in [2.45, 2.75) is 25.3 Å². The number of benzene rings is 2. The molecule has 1 aliphatic heterocycles. The lowest BCUT2D eigenvalue weighted by atomic mass is 9.94. The first-order valence-corrected chi connectivity index (χ1v) is 9.20. The molecular formula is C20H21NOS. The standard InChI is InChI=1S/C20H21NOS/c22-17-11-10-15-7-2-3-8-16(15)19(17)20(18-9-6-14-23-18)21-12-4-1-5-13-21/h2-3,6-11,14,20,22H,1,4-5,12-13H2/t20-/m0/s1. The van der Waals surface area contributed by atoms with Gasteiger partial charge >= 0.3 is 0 Å². The molecule has 1 fully saturated rings. The normalized spacial score (nSPS) is 17.4. The number of phenolic OH excluding ortho intramolecular Hbond substituents is 1. The van der Waals surface area contributed by atoms with E-state index in [-0.39, 0.29) is 6.04 Å². The average Bonchev–Trinajstić information content (AvgIpc) is 3.12. The van der Waals surface area contributed by atoms with Gasteiger partial charge in [-0.05, 0) is 54.2 Å². The van der Waals surface area contributed by atoms with Gasteiger partial charge in [-0.25, -0.2) is 0 Å². The molecule has 0 spiro atoms. The molecule has 0 unspecified atom stereocenters. The van der Waals surface area contributed by atoms with Crippen LogP contribution in [0.4, 0.5) is 0 Å². The first-order valence-electron chi connectivity index (χ1n) is 8.32. The highest BCUT2D eigenvalue weighted by Crippen LogP contribution is 2.41. The number of thiophene rings is 1. The van der Waals surface area contributed by atoms with Crippen LogP contribution in [0.25, 0.3) is 10.8 Å². The molecule has 3 heteroatoms. The van der Waals surface area contributed by atoms with Crippen LogP contribution < -0.4 is 0 Å². The third-order valence-electron chi connectivity index (χ3n) is 4.79. The van der Waals surface area contributed by atoms with Gasteiger partial charge in [0.2, 0.25) is 0 Å². The van der Waals surface area contributed by atoms with Crippen LogP contribution >= 0.6 is 11.3 Å². The number of aromatic hydroxyl groups is 1. The van der Waals surface area contributed by atoms with Crippen LogP contribution in [0.2, 0.25) is 0 Å². The molecule has 0 radical (unpaired) electrons. The molecule has 1 atom stereocenters. The fraction of sp³-hybridized carbons (Fsp3) is 0.300. The molecule has 23 heavy (non-hydrogen) atoms. The molecule has 0 bridgehead atoms. The van der Waals surface area contributed by atoms with Crippen LogP contribution in [0, 0.1) is 0 Å². The van der Waals surface area contributed by atoms with Crippen molar-refractivity contribution in [2.75, 3.05) is 13.1 Å². The van der Waals surface area contributed by atoms with E-state index >= 15 is 0 Å². The predicted octanol–water partition coefficient (Wildman–Crippen LogP) is 5.18. The van der Waals surface area contributed by atoms with Crippen molar-refractivity contribution in [2.24, 2.45) is 0 Å². The molecule has 0 aliphatic carbocycles. The van der Waals surface area contributed by atoms with E-state index in [1.165, 1.54) is 29.5 Å². The Morgan fingerprint density at radius 3 is 2.52 bits per heavy atom. The molecule has 3 aromatic rings. The number of hydrogen-bond acceptors (Lipinski definition) is 3. The SMILES string of the molecule is Oc1ccc2ccccc2c1[C@H](c1cccs1)N1CCCCC1. The van der Waals surface area contributed by atoms with E-state index in [2.05, 4.69) is 46.7 Å². The first kappa shape index (κ1) is 14.7. The van der Waals surface area contributed by atoms with Crippen molar-refractivity contribution < 1.29 is 5.11 Å². The molecular weight excluding hydrogens is 302 g/mol. The van der Waals surface area contributed by atoms with Crippen LogP contribution in [0.1, 0.15) is 35.7 Å². The van der Waals surface area contributed by atoms with Crippen LogP contribution in [0.15, 0.2) is 53.9 Å². The zero-order valence-corrected chi connectivity index (χ0v) is 13.9. The summed E-state index contributed by atoms with van der Waals surface area (Å²) in [6.45, 7) is 2.20. The van der Waals surface area contributed by atoms with Gasteiger partial charge < -0.3 is 5.11 Å². The second kappa shape index (κ2) is 6.34. The van der Waals surface area contributed by atoms with Crippen LogP contribution in [-0.4, -0.2) is 23.1 Å². The van der Waals surface area contributed by atoms with E-state index in [1.54, 1.807) is 11.3 Å². The minimum atomic E-state index is 0.154. The Morgan fingerprint density at radius 1 is 0.913 bits per heavy atom. The third-order valence-corrected chi connectivity index (χ3v) is 5.71. The Labute approximate surface area is 141 Å². The zero-order valence-electron chi connectivity index (χ0n) is 13.1. The smallest absolute Gasteiger partial charge is 0.121 e. The summed E-state index contributed by atoms with van der Waals surface area (Å²) in [7, 11) is 0. The quantitative estimate of drug-likeness (QED) is 0.717. The zero-order chi connectivity index (χ0) is 15.6. The van der Waals surface area contributed by atoms with Gasteiger partial charge in [-0.1, -0.05) is 42.8 Å². The van der Waals surface area contributed by atoms with Crippen molar-refractivity contribution in [1.29, 1.82) is 0 Å². The maximum atomic E-state index is 10.7. The van der Waals surface area contributed by atoms with Gasteiger partial charge in [0.05, 0.1) is 6.04 Å². The van der Waals surface area contributed by atoms with Gasteiger partial charge in [0.25, 0.3) is 0 Å². The van der Waals surface area contributed by atoms with Gasteiger partial charge in [0, 0.05) is 10.4 Å². The summed E-state index contributed by atoms with van der Waals surface area (Å²) in [5.41, 5.74) is 1.06. The molecule has 1 N–H and O–H groups in total. The van der Waals surface area contributed by atoms with Crippen molar-refractivity contribution >= 4 is 22.1 Å². The van der Waals surface area contributed by atoms with Gasteiger partial charge in [0.1, 0.15) is 5.75 Å². The van der Waals surface area contributed by atoms with E-state index < -0.39 is 0 Å². The largest absolute Gasteiger partial charge is 0.508 e. The van der Waals surface area contributed by atoms with Crippen molar-refractivity contribution in [3.63, 3.8) is 0 Å². The summed E-state index contributed by atoms with van der Waals surface area (Å²) in [6, 6.07) is 16.7. The Hall–Kier alpha value is -1.84. The molecule has 2 nitrogen and oxygen atoms in total. The lowest BCUT2D eigenvalue weighted by Crippen LogP contribution is -2.34. The maximum Gasteiger partial charge on any atom is 0.121 e. The highest BCUT2D eigenvalue weighted by Gasteiger charge is 2.28. The number of piperidine rings is 1. The number of hydrogen-bond donors (Lipinski definition) is 1. The van der Waals surface area contributed by atoms with Gasteiger partial charge in [-0.2, -0.15) is 0 Å². The molecule has 0 amide bonds. The van der Waals surface area contributed by atoms with Gasteiger partial charge in [-0.3, -0.25) is 4.90 Å². The van der Waals surface area contributed by atoms with E-state index in [0.717, 1.165) is 24.0 Å². The van der Waals surface area contributed by atoms with E-state index in [0.29, 0.717) is 5.75 Å². The lowest BCUT2D eigenvalue weighted by Gasteiger charge is -2.35. The van der Waals surface area contributed by atoms with E-state index in [9.17, 15) is 5.11 Å². The Bertz CT molecular complexity index is 791. The number of nitrogens with zero attached hydrogens (tertiary/aromatic N) is 1. The fourth-order valence-corrected chi connectivity index (χ4v) is 4.57. The Morgan fingerprint density at radius 2 is 1.74 bits per heavy atom. The molecule has 118 valence electrons. The summed E-state index contributed by atoms with van der Waals surface area (Å²) < 4.78 is 0. The molecule has 2 heterocycles.